The Kier molecular flexibility index (Phi) is 3.26. The standard InChI is InChI=1S/C14H12N2O4S/c1-19-8-3-4-9(12(5-8)20-2)11-7-21-14-15-10(13(17)18)6-16(11)14/h3-7H,1-2H3,(H,17,18). The van der Waals surface area contributed by atoms with Gasteiger partial charge in [0.2, 0.25) is 0 Å². The summed E-state index contributed by atoms with van der Waals surface area (Å²) in [7, 11) is 3.17. The Morgan fingerprint density at radius 3 is 2.81 bits per heavy atom. The topological polar surface area (TPSA) is 73.1 Å². The molecule has 1 N–H and O–H groups in total. The van der Waals surface area contributed by atoms with Gasteiger partial charge in [-0.2, -0.15) is 0 Å². The first-order valence-electron chi connectivity index (χ1n) is 6.06. The number of carboxylic acids is 1. The first-order chi connectivity index (χ1) is 10.1. The summed E-state index contributed by atoms with van der Waals surface area (Å²) in [5, 5.41) is 10.9. The average Bonchev–Trinajstić information content (AvgIpc) is 3.06. The van der Waals surface area contributed by atoms with E-state index in [9.17, 15) is 4.79 Å². The molecule has 0 saturated carbocycles. The second-order valence-electron chi connectivity index (χ2n) is 4.27. The molecule has 0 spiro atoms. The number of ether oxygens (including phenoxy) is 2. The largest absolute Gasteiger partial charge is 0.497 e. The van der Waals surface area contributed by atoms with Crippen molar-refractivity contribution in [2.75, 3.05) is 14.2 Å². The highest BCUT2D eigenvalue weighted by Crippen LogP contribution is 2.35. The van der Waals surface area contributed by atoms with Gasteiger partial charge in [-0.3, -0.25) is 4.40 Å². The summed E-state index contributed by atoms with van der Waals surface area (Å²) in [6.07, 6.45) is 1.51. The van der Waals surface area contributed by atoms with Crippen LogP contribution in [0.4, 0.5) is 0 Å². The predicted octanol–water partition coefficient (Wildman–Crippen LogP) is 2.78. The van der Waals surface area contributed by atoms with Crippen LogP contribution in [-0.2, 0) is 0 Å². The van der Waals surface area contributed by atoms with Crippen LogP contribution < -0.4 is 9.47 Å². The molecule has 0 fully saturated rings. The lowest BCUT2D eigenvalue weighted by Crippen LogP contribution is -1.95. The molecule has 0 amide bonds. The van der Waals surface area contributed by atoms with Crippen LogP contribution >= 0.6 is 11.3 Å². The van der Waals surface area contributed by atoms with E-state index in [1.807, 2.05) is 17.5 Å². The second kappa shape index (κ2) is 5.10. The van der Waals surface area contributed by atoms with Crippen molar-refractivity contribution < 1.29 is 19.4 Å². The van der Waals surface area contributed by atoms with Gasteiger partial charge in [0.1, 0.15) is 11.5 Å². The van der Waals surface area contributed by atoms with Gasteiger partial charge in [0.15, 0.2) is 10.7 Å². The number of aromatic nitrogens is 2. The van der Waals surface area contributed by atoms with E-state index in [0.29, 0.717) is 16.5 Å². The summed E-state index contributed by atoms with van der Waals surface area (Å²) in [5.41, 5.74) is 1.70. The molecule has 0 radical (unpaired) electrons. The predicted molar refractivity (Wildman–Crippen MR) is 78.6 cm³/mol. The molecule has 2 heterocycles. The molecular formula is C14H12N2O4S. The molecule has 7 heteroatoms. The fourth-order valence-electron chi connectivity index (χ4n) is 2.09. The Labute approximate surface area is 124 Å². The van der Waals surface area contributed by atoms with E-state index in [4.69, 9.17) is 14.6 Å². The van der Waals surface area contributed by atoms with Crippen LogP contribution in [0.25, 0.3) is 16.2 Å². The van der Waals surface area contributed by atoms with Gasteiger partial charge in [-0.25, -0.2) is 9.78 Å². The van der Waals surface area contributed by atoms with Crippen LogP contribution in [0.1, 0.15) is 10.5 Å². The van der Waals surface area contributed by atoms with E-state index in [0.717, 1.165) is 11.3 Å². The maximum Gasteiger partial charge on any atom is 0.356 e. The van der Waals surface area contributed by atoms with Crippen LogP contribution in [0.5, 0.6) is 11.5 Å². The molecule has 0 aliphatic rings. The number of benzene rings is 1. The Balaban J connectivity index is 2.17. The number of imidazole rings is 1. The van der Waals surface area contributed by atoms with Crippen LogP contribution in [0.15, 0.2) is 29.8 Å². The Bertz CT molecular complexity index is 822. The number of fused-ring (bicyclic) bond motifs is 1. The van der Waals surface area contributed by atoms with Crippen LogP contribution in [0.3, 0.4) is 0 Å². The SMILES string of the molecule is COc1ccc(-c2csc3nc(C(=O)O)cn23)c(OC)c1. The zero-order chi connectivity index (χ0) is 15.0. The van der Waals surface area contributed by atoms with Crippen molar-refractivity contribution in [2.24, 2.45) is 0 Å². The zero-order valence-electron chi connectivity index (χ0n) is 11.4. The van der Waals surface area contributed by atoms with E-state index >= 15 is 0 Å². The van der Waals surface area contributed by atoms with Crippen LogP contribution in [0.2, 0.25) is 0 Å². The van der Waals surface area contributed by atoms with E-state index in [1.54, 1.807) is 24.7 Å². The fraction of sp³-hybridized carbons (Fsp3) is 0.143. The van der Waals surface area contributed by atoms with E-state index in [1.165, 1.54) is 17.5 Å². The molecule has 0 aliphatic heterocycles. The minimum absolute atomic E-state index is 0.0237. The quantitative estimate of drug-likeness (QED) is 0.802. The van der Waals surface area contributed by atoms with Gasteiger partial charge in [0.05, 0.1) is 19.9 Å². The Morgan fingerprint density at radius 2 is 2.14 bits per heavy atom. The summed E-state index contributed by atoms with van der Waals surface area (Å²) in [5.74, 6) is 0.303. The summed E-state index contributed by atoms with van der Waals surface area (Å²) in [4.78, 5) is 15.7. The lowest BCUT2D eigenvalue weighted by molar-refractivity contribution is 0.0691. The highest BCUT2D eigenvalue weighted by Gasteiger charge is 2.16. The summed E-state index contributed by atoms with van der Waals surface area (Å²) in [6, 6.07) is 5.49. The van der Waals surface area contributed by atoms with Crippen molar-refractivity contribution in [1.82, 2.24) is 9.38 Å². The van der Waals surface area contributed by atoms with Gasteiger partial charge in [0, 0.05) is 23.2 Å². The lowest BCUT2D eigenvalue weighted by Gasteiger charge is -2.09. The first-order valence-corrected chi connectivity index (χ1v) is 6.94. The van der Waals surface area contributed by atoms with Crippen LogP contribution in [-0.4, -0.2) is 34.7 Å². The fourth-order valence-corrected chi connectivity index (χ4v) is 2.96. The van der Waals surface area contributed by atoms with Gasteiger partial charge in [-0.1, -0.05) is 0 Å². The maximum absolute atomic E-state index is 11.0. The molecule has 0 unspecified atom stereocenters. The molecule has 0 aliphatic carbocycles. The number of methoxy groups -OCH3 is 2. The maximum atomic E-state index is 11.0. The highest BCUT2D eigenvalue weighted by atomic mass is 32.1. The van der Waals surface area contributed by atoms with Crippen molar-refractivity contribution in [3.63, 3.8) is 0 Å². The smallest absolute Gasteiger partial charge is 0.356 e. The number of carboxylic acid groups (broad SMARTS) is 1. The van der Waals surface area contributed by atoms with Crippen LogP contribution in [0, 0.1) is 0 Å². The van der Waals surface area contributed by atoms with Crippen molar-refractivity contribution >= 4 is 22.3 Å². The summed E-state index contributed by atoms with van der Waals surface area (Å²) in [6.45, 7) is 0. The molecule has 108 valence electrons. The molecule has 1 aromatic carbocycles. The van der Waals surface area contributed by atoms with Gasteiger partial charge in [0.25, 0.3) is 0 Å². The third-order valence-corrected chi connectivity index (χ3v) is 3.95. The molecule has 0 saturated heterocycles. The molecule has 0 bridgehead atoms. The van der Waals surface area contributed by atoms with Crippen molar-refractivity contribution in [3.05, 3.63) is 35.5 Å². The number of hydrogen-bond acceptors (Lipinski definition) is 5. The Hall–Kier alpha value is -2.54. The average molecular weight is 304 g/mol. The van der Waals surface area contributed by atoms with E-state index < -0.39 is 5.97 Å². The number of rotatable bonds is 4. The normalized spacial score (nSPS) is 10.8. The van der Waals surface area contributed by atoms with Gasteiger partial charge < -0.3 is 14.6 Å². The number of hydrogen-bond donors (Lipinski definition) is 1. The van der Waals surface area contributed by atoms with Crippen molar-refractivity contribution in [3.8, 4) is 22.8 Å². The molecule has 21 heavy (non-hydrogen) atoms. The van der Waals surface area contributed by atoms with Crippen molar-refractivity contribution in [2.45, 2.75) is 0 Å². The third kappa shape index (κ3) is 2.21. The van der Waals surface area contributed by atoms with Gasteiger partial charge in [-0.15, -0.1) is 11.3 Å². The van der Waals surface area contributed by atoms with Crippen molar-refractivity contribution in [1.29, 1.82) is 0 Å². The lowest BCUT2D eigenvalue weighted by atomic mass is 10.1. The molecule has 2 aromatic heterocycles. The molecule has 3 aromatic rings. The zero-order valence-corrected chi connectivity index (χ0v) is 12.2. The van der Waals surface area contributed by atoms with Gasteiger partial charge in [-0.05, 0) is 12.1 Å². The number of carbonyl (C=O) groups is 1. The molecule has 6 nitrogen and oxygen atoms in total. The van der Waals surface area contributed by atoms with E-state index in [-0.39, 0.29) is 5.69 Å². The number of nitrogens with zero attached hydrogens (tertiary/aromatic N) is 2. The first kappa shape index (κ1) is 13.4. The number of aromatic carboxylic acids is 1. The monoisotopic (exact) mass is 304 g/mol. The summed E-state index contributed by atoms with van der Waals surface area (Å²) < 4.78 is 12.3. The minimum atomic E-state index is -1.04. The van der Waals surface area contributed by atoms with Gasteiger partial charge >= 0.3 is 5.97 Å². The number of thiazole rings is 1. The third-order valence-electron chi connectivity index (χ3n) is 3.11. The second-order valence-corrected chi connectivity index (χ2v) is 5.11. The molecule has 0 atom stereocenters. The minimum Gasteiger partial charge on any atom is -0.497 e. The molecular weight excluding hydrogens is 292 g/mol. The van der Waals surface area contributed by atoms with E-state index in [2.05, 4.69) is 4.98 Å². The summed E-state index contributed by atoms with van der Waals surface area (Å²) >= 11 is 1.38. The highest BCUT2D eigenvalue weighted by molar-refractivity contribution is 7.15. The molecule has 3 rings (SSSR count). The Morgan fingerprint density at radius 1 is 1.33 bits per heavy atom.